The van der Waals surface area contributed by atoms with Crippen LogP contribution in [0, 0.1) is 0 Å². The fourth-order valence-electron chi connectivity index (χ4n) is 1.61. The molecule has 0 saturated heterocycles. The molecule has 0 aliphatic heterocycles. The molecule has 118 valence electrons. The van der Waals surface area contributed by atoms with Gasteiger partial charge in [-0.15, -0.1) is 0 Å². The number of esters is 1. The number of ether oxygens (including phenoxy) is 1. The van der Waals surface area contributed by atoms with Crippen LogP contribution in [0.4, 0.5) is 0 Å². The van der Waals surface area contributed by atoms with E-state index in [9.17, 15) is 13.2 Å². The van der Waals surface area contributed by atoms with Crippen molar-refractivity contribution in [2.75, 3.05) is 6.61 Å². The highest BCUT2D eigenvalue weighted by Gasteiger charge is 2.17. The average Bonchev–Trinajstić information content (AvgIpc) is 2.33. The molecule has 21 heavy (non-hydrogen) atoms. The lowest BCUT2D eigenvalue weighted by molar-refractivity contribution is -0.155. The Labute approximate surface area is 126 Å². The van der Waals surface area contributed by atoms with Crippen LogP contribution in [0.15, 0.2) is 30.3 Å². The molecule has 0 heterocycles. The zero-order chi connectivity index (χ0) is 15.9. The molecular formula is C15H22O5S. The van der Waals surface area contributed by atoms with Gasteiger partial charge >= 0.3 is 5.97 Å². The molecule has 0 aromatic heterocycles. The normalized spacial score (nSPS) is 12.1. The molecule has 0 radical (unpaired) electrons. The molecule has 0 N–H and O–H groups in total. The van der Waals surface area contributed by atoms with Crippen molar-refractivity contribution in [3.05, 3.63) is 35.9 Å². The van der Waals surface area contributed by atoms with Gasteiger partial charge < -0.3 is 4.74 Å². The summed E-state index contributed by atoms with van der Waals surface area (Å²) >= 11 is 0. The summed E-state index contributed by atoms with van der Waals surface area (Å²) in [6.07, 6.45) is 0.445. The molecule has 0 fully saturated rings. The summed E-state index contributed by atoms with van der Waals surface area (Å²) in [4.78, 5) is 11.4. The zero-order valence-corrected chi connectivity index (χ0v) is 13.5. The Morgan fingerprint density at radius 1 is 1.14 bits per heavy atom. The van der Waals surface area contributed by atoms with Crippen LogP contribution in [-0.4, -0.2) is 26.6 Å². The summed E-state index contributed by atoms with van der Waals surface area (Å²) in [5, 5.41) is 0. The summed E-state index contributed by atoms with van der Waals surface area (Å²) in [5.41, 5.74) is 0.141. The van der Waals surface area contributed by atoms with E-state index >= 15 is 0 Å². The van der Waals surface area contributed by atoms with Gasteiger partial charge in [0.15, 0.2) is 0 Å². The third kappa shape index (κ3) is 8.47. The van der Waals surface area contributed by atoms with E-state index in [1.165, 1.54) is 0 Å². The number of carbonyl (C=O) groups is 1. The van der Waals surface area contributed by atoms with Gasteiger partial charge in [-0.1, -0.05) is 30.3 Å². The predicted molar refractivity (Wildman–Crippen MR) is 80.1 cm³/mol. The SMILES string of the molecule is CC(C)(C)OC(=O)CCCOS(=O)(=O)Cc1ccccc1. The molecule has 0 aliphatic carbocycles. The van der Waals surface area contributed by atoms with Crippen LogP contribution in [0.25, 0.3) is 0 Å². The third-order valence-corrected chi connectivity index (χ3v) is 3.61. The second-order valence-corrected chi connectivity index (χ2v) is 7.34. The van der Waals surface area contributed by atoms with Crippen molar-refractivity contribution in [1.29, 1.82) is 0 Å². The van der Waals surface area contributed by atoms with Crippen molar-refractivity contribution in [2.24, 2.45) is 0 Å². The Bertz CT molecular complexity index is 543. The van der Waals surface area contributed by atoms with Crippen LogP contribution >= 0.6 is 0 Å². The van der Waals surface area contributed by atoms with E-state index in [2.05, 4.69) is 0 Å². The second kappa shape index (κ2) is 7.56. The molecule has 0 unspecified atom stereocenters. The molecule has 5 nitrogen and oxygen atoms in total. The van der Waals surface area contributed by atoms with Crippen LogP contribution in [0.2, 0.25) is 0 Å². The highest BCUT2D eigenvalue weighted by Crippen LogP contribution is 2.11. The van der Waals surface area contributed by atoms with Gasteiger partial charge in [-0.05, 0) is 32.8 Å². The molecule has 6 heteroatoms. The van der Waals surface area contributed by atoms with Crippen molar-refractivity contribution < 1.29 is 22.1 Å². The average molecular weight is 314 g/mol. The number of carbonyl (C=O) groups excluding carboxylic acids is 1. The van der Waals surface area contributed by atoms with E-state index in [1.54, 1.807) is 45.0 Å². The summed E-state index contributed by atoms with van der Waals surface area (Å²) in [6.45, 7) is 5.33. The summed E-state index contributed by atoms with van der Waals surface area (Å²) < 4.78 is 33.5. The minimum absolute atomic E-state index is 0.0194. The number of hydrogen-bond donors (Lipinski definition) is 0. The van der Waals surface area contributed by atoms with Crippen molar-refractivity contribution in [2.45, 2.75) is 45.0 Å². The third-order valence-electron chi connectivity index (χ3n) is 2.39. The second-order valence-electron chi connectivity index (χ2n) is 5.70. The summed E-state index contributed by atoms with van der Waals surface area (Å²) in [7, 11) is -3.62. The minimum Gasteiger partial charge on any atom is -0.460 e. The van der Waals surface area contributed by atoms with Crippen molar-refractivity contribution in [3.8, 4) is 0 Å². The fraction of sp³-hybridized carbons (Fsp3) is 0.533. The number of rotatable bonds is 7. The highest BCUT2D eigenvalue weighted by molar-refractivity contribution is 7.85. The molecule has 0 amide bonds. The van der Waals surface area contributed by atoms with Gasteiger partial charge in [0.1, 0.15) is 11.4 Å². The monoisotopic (exact) mass is 314 g/mol. The lowest BCUT2D eigenvalue weighted by Gasteiger charge is -2.19. The van der Waals surface area contributed by atoms with Crippen molar-refractivity contribution in [3.63, 3.8) is 0 Å². The summed E-state index contributed by atoms with van der Waals surface area (Å²) in [6, 6.07) is 8.81. The van der Waals surface area contributed by atoms with Crippen LogP contribution in [0.3, 0.4) is 0 Å². The van der Waals surface area contributed by atoms with E-state index < -0.39 is 15.7 Å². The van der Waals surface area contributed by atoms with Gasteiger partial charge in [-0.2, -0.15) is 8.42 Å². The Kier molecular flexibility index (Phi) is 6.36. The Hall–Kier alpha value is -1.40. The molecule has 1 aromatic rings. The van der Waals surface area contributed by atoms with Crippen molar-refractivity contribution >= 4 is 16.1 Å². The lowest BCUT2D eigenvalue weighted by atomic mass is 10.2. The van der Waals surface area contributed by atoms with E-state index in [0.717, 1.165) is 0 Å². The van der Waals surface area contributed by atoms with Gasteiger partial charge in [0.2, 0.25) is 0 Å². The predicted octanol–water partition coefficient (Wildman–Crippen LogP) is 2.65. The molecule has 1 aromatic carbocycles. The first-order valence-electron chi connectivity index (χ1n) is 6.81. The number of benzene rings is 1. The largest absolute Gasteiger partial charge is 0.460 e. The van der Waals surface area contributed by atoms with Crippen LogP contribution in [-0.2, 0) is 29.6 Å². The number of hydrogen-bond acceptors (Lipinski definition) is 5. The fourth-order valence-corrected chi connectivity index (χ4v) is 2.67. The van der Waals surface area contributed by atoms with E-state index in [-0.39, 0.29) is 24.7 Å². The molecular weight excluding hydrogens is 292 g/mol. The van der Waals surface area contributed by atoms with E-state index in [4.69, 9.17) is 8.92 Å². The maximum Gasteiger partial charge on any atom is 0.306 e. The zero-order valence-electron chi connectivity index (χ0n) is 12.7. The van der Waals surface area contributed by atoms with Gasteiger partial charge in [-0.25, -0.2) is 0 Å². The molecule has 1 rings (SSSR count). The molecule has 0 aliphatic rings. The van der Waals surface area contributed by atoms with Gasteiger partial charge in [0.25, 0.3) is 10.1 Å². The van der Waals surface area contributed by atoms with Gasteiger partial charge in [0.05, 0.1) is 6.61 Å². The maximum absolute atomic E-state index is 11.7. The van der Waals surface area contributed by atoms with Gasteiger partial charge in [-0.3, -0.25) is 8.98 Å². The lowest BCUT2D eigenvalue weighted by Crippen LogP contribution is -2.24. The highest BCUT2D eigenvalue weighted by atomic mass is 32.2. The smallest absolute Gasteiger partial charge is 0.306 e. The van der Waals surface area contributed by atoms with Crippen LogP contribution < -0.4 is 0 Å². The standard InChI is InChI=1S/C15H22O5S/c1-15(2,3)20-14(16)10-7-11-19-21(17,18)12-13-8-5-4-6-9-13/h4-6,8-9H,7,10-12H2,1-3H3. The quantitative estimate of drug-likeness (QED) is 0.439. The summed E-state index contributed by atoms with van der Waals surface area (Å²) in [5.74, 6) is -0.521. The molecule has 0 bridgehead atoms. The van der Waals surface area contributed by atoms with Crippen LogP contribution in [0.5, 0.6) is 0 Å². The topological polar surface area (TPSA) is 69.7 Å². The molecule has 0 atom stereocenters. The Morgan fingerprint density at radius 3 is 2.33 bits per heavy atom. The maximum atomic E-state index is 11.7. The molecule has 0 saturated carbocycles. The first-order valence-corrected chi connectivity index (χ1v) is 8.38. The Morgan fingerprint density at radius 2 is 1.76 bits per heavy atom. The molecule has 0 spiro atoms. The van der Waals surface area contributed by atoms with Crippen molar-refractivity contribution in [1.82, 2.24) is 0 Å². The van der Waals surface area contributed by atoms with Crippen LogP contribution in [0.1, 0.15) is 39.2 Å². The first kappa shape index (κ1) is 17.7. The van der Waals surface area contributed by atoms with E-state index in [1.807, 2.05) is 6.07 Å². The Balaban J connectivity index is 2.30. The van der Waals surface area contributed by atoms with Gasteiger partial charge in [0, 0.05) is 6.42 Å². The van der Waals surface area contributed by atoms with E-state index in [0.29, 0.717) is 12.0 Å². The first-order chi connectivity index (χ1) is 9.68. The minimum atomic E-state index is -3.62.